The summed E-state index contributed by atoms with van der Waals surface area (Å²) in [5, 5.41) is 9.27. The number of carboxylic acid groups (broad SMARTS) is 1. The van der Waals surface area contributed by atoms with E-state index in [1.165, 1.54) is 6.07 Å². The molecule has 21 heavy (non-hydrogen) atoms. The van der Waals surface area contributed by atoms with Crippen molar-refractivity contribution in [2.75, 3.05) is 6.54 Å². The third-order valence-corrected chi connectivity index (χ3v) is 5.52. The average Bonchev–Trinajstić information content (AvgIpc) is 2.39. The molecule has 1 aromatic carbocycles. The molecule has 0 fully saturated rings. The minimum Gasteiger partial charge on any atom is -0.481 e. The lowest BCUT2D eigenvalue weighted by Gasteiger charge is -2.26. The fourth-order valence-corrected chi connectivity index (χ4v) is 3.40. The highest BCUT2D eigenvalue weighted by atomic mass is 79.9. The van der Waals surface area contributed by atoms with E-state index in [0.717, 1.165) is 12.1 Å². The van der Waals surface area contributed by atoms with Crippen LogP contribution < -0.4 is 4.72 Å². The molecule has 1 rings (SSSR count). The molecule has 8 heteroatoms. The first-order chi connectivity index (χ1) is 9.68. The molecule has 0 radical (unpaired) electrons. The molecule has 1 aromatic rings. The van der Waals surface area contributed by atoms with E-state index in [2.05, 4.69) is 20.7 Å². The molecule has 0 bridgehead atoms. The second-order valence-electron chi connectivity index (χ2n) is 4.69. The summed E-state index contributed by atoms with van der Waals surface area (Å²) in [7, 11) is -4.10. The van der Waals surface area contributed by atoms with Gasteiger partial charge in [-0.2, -0.15) is 0 Å². The van der Waals surface area contributed by atoms with E-state index in [0.29, 0.717) is 4.47 Å². The normalized spacial score (nSPS) is 12.4. The number of aliphatic carboxylic acids is 1. The minimum absolute atomic E-state index is 0.268. The molecule has 2 N–H and O–H groups in total. The van der Waals surface area contributed by atoms with Gasteiger partial charge in [0.25, 0.3) is 0 Å². The molecule has 0 aliphatic heterocycles. The Hall–Kier alpha value is -0.990. The highest BCUT2D eigenvalue weighted by Gasteiger charge is 2.36. The van der Waals surface area contributed by atoms with E-state index in [4.69, 9.17) is 0 Å². The van der Waals surface area contributed by atoms with Crippen LogP contribution >= 0.6 is 15.9 Å². The molecule has 0 atom stereocenters. The Labute approximate surface area is 131 Å². The number of carboxylic acids is 1. The largest absolute Gasteiger partial charge is 0.481 e. The van der Waals surface area contributed by atoms with Gasteiger partial charge in [0.15, 0.2) is 0 Å². The van der Waals surface area contributed by atoms with Gasteiger partial charge in [-0.15, -0.1) is 0 Å². The molecule has 0 aromatic heterocycles. The van der Waals surface area contributed by atoms with Gasteiger partial charge >= 0.3 is 5.97 Å². The Balaban J connectivity index is 3.03. The van der Waals surface area contributed by atoms with Gasteiger partial charge in [-0.05, 0) is 31.0 Å². The molecule has 0 saturated carbocycles. The number of nitrogens with one attached hydrogen (secondary N) is 1. The van der Waals surface area contributed by atoms with Crippen molar-refractivity contribution in [3.63, 3.8) is 0 Å². The quantitative estimate of drug-likeness (QED) is 0.760. The van der Waals surface area contributed by atoms with Gasteiger partial charge in [-0.25, -0.2) is 17.5 Å². The van der Waals surface area contributed by atoms with Crippen molar-refractivity contribution < 1.29 is 22.7 Å². The number of rotatable bonds is 7. The van der Waals surface area contributed by atoms with Crippen LogP contribution in [0.15, 0.2) is 27.6 Å². The summed E-state index contributed by atoms with van der Waals surface area (Å²) in [6.07, 6.45) is 0.536. The van der Waals surface area contributed by atoms with Crippen molar-refractivity contribution in [2.24, 2.45) is 5.41 Å². The standard InChI is InChI=1S/C13H17BrFNO4S/c1-3-13(4-2,12(17)18)8-16-21(19,20)11-6-5-9(14)7-10(11)15/h5-7,16H,3-4,8H2,1-2H3,(H,17,18). The van der Waals surface area contributed by atoms with E-state index < -0.39 is 32.1 Å². The highest BCUT2D eigenvalue weighted by molar-refractivity contribution is 9.10. The Morgan fingerprint density at radius 1 is 1.38 bits per heavy atom. The lowest BCUT2D eigenvalue weighted by Crippen LogP contribution is -2.42. The molecule has 0 amide bonds. The van der Waals surface area contributed by atoms with Gasteiger partial charge in [-0.3, -0.25) is 4.79 Å². The summed E-state index contributed by atoms with van der Waals surface area (Å²) in [6.45, 7) is 3.06. The maximum atomic E-state index is 13.7. The van der Waals surface area contributed by atoms with Crippen molar-refractivity contribution in [3.8, 4) is 0 Å². The van der Waals surface area contributed by atoms with E-state index in [1.54, 1.807) is 13.8 Å². The van der Waals surface area contributed by atoms with Gasteiger partial charge in [-0.1, -0.05) is 29.8 Å². The summed E-state index contributed by atoms with van der Waals surface area (Å²) < 4.78 is 40.5. The molecule has 0 aliphatic rings. The van der Waals surface area contributed by atoms with E-state index >= 15 is 0 Å². The predicted molar refractivity (Wildman–Crippen MR) is 79.9 cm³/mol. The van der Waals surface area contributed by atoms with Crippen LogP contribution in [0.1, 0.15) is 26.7 Å². The first-order valence-corrected chi connectivity index (χ1v) is 8.64. The van der Waals surface area contributed by atoms with Crippen LogP contribution in [0.25, 0.3) is 0 Å². The molecule has 118 valence electrons. The van der Waals surface area contributed by atoms with Gasteiger partial charge in [0.05, 0.1) is 5.41 Å². The smallest absolute Gasteiger partial charge is 0.310 e. The SMILES string of the molecule is CCC(CC)(CNS(=O)(=O)c1ccc(Br)cc1F)C(=O)O. The Morgan fingerprint density at radius 3 is 2.38 bits per heavy atom. The molecule has 0 saturated heterocycles. The van der Waals surface area contributed by atoms with E-state index in [1.807, 2.05) is 0 Å². The zero-order chi connectivity index (χ0) is 16.3. The van der Waals surface area contributed by atoms with Gasteiger partial charge in [0, 0.05) is 11.0 Å². The van der Waals surface area contributed by atoms with E-state index in [9.17, 15) is 22.7 Å². The van der Waals surface area contributed by atoms with Crippen LogP contribution in [0.4, 0.5) is 4.39 Å². The number of benzene rings is 1. The molecule has 0 unspecified atom stereocenters. The number of sulfonamides is 1. The van der Waals surface area contributed by atoms with Crippen LogP contribution in [0, 0.1) is 11.2 Å². The van der Waals surface area contributed by atoms with Gasteiger partial charge in [0.1, 0.15) is 10.7 Å². The van der Waals surface area contributed by atoms with Crippen LogP contribution in [0.5, 0.6) is 0 Å². The summed E-state index contributed by atoms with van der Waals surface area (Å²) in [5.41, 5.74) is -1.20. The number of hydrogen-bond donors (Lipinski definition) is 2. The molecule has 5 nitrogen and oxygen atoms in total. The summed E-state index contributed by atoms with van der Waals surface area (Å²) in [4.78, 5) is 10.8. The first kappa shape index (κ1) is 18.1. The van der Waals surface area contributed by atoms with Gasteiger partial charge in [0.2, 0.25) is 10.0 Å². The maximum absolute atomic E-state index is 13.7. The second kappa shape index (κ2) is 6.85. The lowest BCUT2D eigenvalue weighted by molar-refractivity contribution is -0.149. The Kier molecular flexibility index (Phi) is 5.89. The first-order valence-electron chi connectivity index (χ1n) is 6.36. The predicted octanol–water partition coefficient (Wildman–Crippen LogP) is 2.76. The van der Waals surface area contributed by atoms with Crippen molar-refractivity contribution in [3.05, 3.63) is 28.5 Å². The summed E-state index contributed by atoms with van der Waals surface area (Å²) in [5.74, 6) is -1.97. The number of hydrogen-bond acceptors (Lipinski definition) is 3. The fourth-order valence-electron chi connectivity index (χ4n) is 1.88. The highest BCUT2D eigenvalue weighted by Crippen LogP contribution is 2.27. The monoisotopic (exact) mass is 381 g/mol. The molecular formula is C13H17BrFNO4S. The van der Waals surface area contributed by atoms with Crippen LogP contribution in [0.3, 0.4) is 0 Å². The van der Waals surface area contributed by atoms with Gasteiger partial charge < -0.3 is 5.11 Å². The topological polar surface area (TPSA) is 83.5 Å². The maximum Gasteiger partial charge on any atom is 0.310 e. The van der Waals surface area contributed by atoms with Crippen molar-refractivity contribution in [1.82, 2.24) is 4.72 Å². The molecular weight excluding hydrogens is 365 g/mol. The Bertz CT molecular complexity index is 629. The van der Waals surface area contributed by atoms with Crippen molar-refractivity contribution in [1.29, 1.82) is 0 Å². The summed E-state index contributed by atoms with van der Waals surface area (Å²) >= 11 is 3.04. The van der Waals surface area contributed by atoms with E-state index in [-0.39, 0.29) is 19.4 Å². The number of halogens is 2. The number of carbonyl (C=O) groups is 1. The van der Waals surface area contributed by atoms with Crippen LogP contribution in [-0.4, -0.2) is 26.0 Å². The van der Waals surface area contributed by atoms with Crippen LogP contribution in [-0.2, 0) is 14.8 Å². The second-order valence-corrected chi connectivity index (χ2v) is 7.34. The van der Waals surface area contributed by atoms with Crippen molar-refractivity contribution >= 4 is 31.9 Å². The Morgan fingerprint density at radius 2 is 1.95 bits per heavy atom. The third-order valence-electron chi connectivity index (χ3n) is 3.59. The molecule has 0 spiro atoms. The molecule has 0 heterocycles. The fraction of sp³-hybridized carbons (Fsp3) is 0.462. The zero-order valence-electron chi connectivity index (χ0n) is 11.7. The lowest BCUT2D eigenvalue weighted by atomic mass is 9.83. The summed E-state index contributed by atoms with van der Waals surface area (Å²) in [6, 6.07) is 3.57. The average molecular weight is 382 g/mol. The zero-order valence-corrected chi connectivity index (χ0v) is 14.1. The third kappa shape index (κ3) is 4.02. The van der Waals surface area contributed by atoms with Crippen molar-refractivity contribution in [2.45, 2.75) is 31.6 Å². The minimum atomic E-state index is -4.10. The van der Waals surface area contributed by atoms with Crippen LogP contribution in [0.2, 0.25) is 0 Å². The molecule has 0 aliphatic carbocycles.